The van der Waals surface area contributed by atoms with E-state index in [1.165, 1.54) is 0 Å². The van der Waals surface area contributed by atoms with Gasteiger partial charge in [-0.25, -0.2) is 0 Å². The van der Waals surface area contributed by atoms with Crippen molar-refractivity contribution in [2.24, 2.45) is 0 Å². The van der Waals surface area contributed by atoms with Gasteiger partial charge in [0, 0.05) is 6.42 Å². The molecule has 2 N–H and O–H groups in total. The van der Waals surface area contributed by atoms with Gasteiger partial charge in [0.05, 0.1) is 18.0 Å². The minimum Gasteiger partial charge on any atom is -0.349 e. The standard InChI is InChI=1S/C28H28N2O2/c31-27-20-24(21-12-4-1-5-13-21)28(32)30-26(23-16-8-3-9-17-23)19-11-10-18-25(29-27)22-14-6-2-7-15-22/h1-17,24-26H,18-20H2,(H,29,31)(H,30,32)/b11-10-/t24-,25-,26-/m1/s1. The SMILES string of the molecule is O=C1C[C@H](c2ccccc2)C(=O)N[C@@H](c2ccccc2)C/C=C\C[C@H](c2ccccc2)N1. The molecule has 3 aromatic rings. The summed E-state index contributed by atoms with van der Waals surface area (Å²) in [5, 5.41) is 6.34. The fourth-order valence-corrected chi connectivity index (χ4v) is 4.15. The van der Waals surface area contributed by atoms with E-state index in [1.54, 1.807) is 0 Å². The van der Waals surface area contributed by atoms with Crippen LogP contribution in [-0.2, 0) is 9.59 Å². The van der Waals surface area contributed by atoms with Crippen molar-refractivity contribution in [1.82, 2.24) is 10.6 Å². The lowest BCUT2D eigenvalue weighted by atomic mass is 9.92. The number of carbonyl (C=O) groups excluding carboxylic acids is 2. The molecule has 2 amide bonds. The van der Waals surface area contributed by atoms with E-state index in [-0.39, 0.29) is 30.3 Å². The average Bonchev–Trinajstić information content (AvgIpc) is 2.84. The predicted octanol–water partition coefficient (Wildman–Crippen LogP) is 5.23. The summed E-state index contributed by atoms with van der Waals surface area (Å²) in [4.78, 5) is 26.4. The van der Waals surface area contributed by atoms with Gasteiger partial charge in [-0.1, -0.05) is 103 Å². The van der Waals surface area contributed by atoms with Crippen molar-refractivity contribution in [3.05, 3.63) is 120 Å². The van der Waals surface area contributed by atoms with Crippen molar-refractivity contribution in [1.29, 1.82) is 0 Å². The van der Waals surface area contributed by atoms with Crippen LogP contribution in [0.2, 0.25) is 0 Å². The van der Waals surface area contributed by atoms with Crippen LogP contribution in [0, 0.1) is 0 Å². The van der Waals surface area contributed by atoms with Crippen LogP contribution in [0.3, 0.4) is 0 Å². The third-order valence-corrected chi connectivity index (χ3v) is 5.87. The van der Waals surface area contributed by atoms with E-state index in [0.717, 1.165) is 16.7 Å². The van der Waals surface area contributed by atoms with Gasteiger partial charge in [-0.2, -0.15) is 0 Å². The maximum absolute atomic E-state index is 13.4. The van der Waals surface area contributed by atoms with E-state index < -0.39 is 5.92 Å². The van der Waals surface area contributed by atoms with E-state index in [2.05, 4.69) is 22.8 Å². The molecule has 0 radical (unpaired) electrons. The first-order valence-corrected chi connectivity index (χ1v) is 11.1. The van der Waals surface area contributed by atoms with Gasteiger partial charge in [-0.05, 0) is 29.5 Å². The molecule has 0 aliphatic carbocycles. The second kappa shape index (κ2) is 10.6. The second-order valence-electron chi connectivity index (χ2n) is 8.11. The molecular weight excluding hydrogens is 396 g/mol. The molecule has 1 heterocycles. The van der Waals surface area contributed by atoms with Crippen molar-refractivity contribution < 1.29 is 9.59 Å². The summed E-state index contributed by atoms with van der Waals surface area (Å²) in [5.74, 6) is -0.819. The summed E-state index contributed by atoms with van der Waals surface area (Å²) in [7, 11) is 0. The maximum atomic E-state index is 13.4. The summed E-state index contributed by atoms with van der Waals surface area (Å²) in [6, 6.07) is 29.2. The van der Waals surface area contributed by atoms with Gasteiger partial charge in [-0.3, -0.25) is 9.59 Å². The minimum atomic E-state index is -0.553. The Labute approximate surface area is 189 Å². The van der Waals surface area contributed by atoms with Crippen LogP contribution in [-0.4, -0.2) is 11.8 Å². The second-order valence-corrected chi connectivity index (χ2v) is 8.11. The lowest BCUT2D eigenvalue weighted by Crippen LogP contribution is -2.37. The van der Waals surface area contributed by atoms with E-state index in [9.17, 15) is 9.59 Å². The number of nitrogens with one attached hydrogen (secondary N) is 2. The van der Waals surface area contributed by atoms with Gasteiger partial charge in [0.25, 0.3) is 0 Å². The van der Waals surface area contributed by atoms with Gasteiger partial charge < -0.3 is 10.6 Å². The first-order valence-electron chi connectivity index (χ1n) is 11.1. The molecule has 3 aromatic carbocycles. The molecule has 162 valence electrons. The lowest BCUT2D eigenvalue weighted by molar-refractivity contribution is -0.128. The average molecular weight is 425 g/mol. The Balaban J connectivity index is 1.67. The molecule has 4 nitrogen and oxygen atoms in total. The first-order chi connectivity index (χ1) is 15.7. The highest BCUT2D eigenvalue weighted by molar-refractivity contribution is 5.90. The van der Waals surface area contributed by atoms with Crippen molar-refractivity contribution in [3.63, 3.8) is 0 Å². The molecule has 1 aliphatic heterocycles. The van der Waals surface area contributed by atoms with Crippen LogP contribution in [0.5, 0.6) is 0 Å². The summed E-state index contributed by atoms with van der Waals surface area (Å²) in [6.45, 7) is 0. The number of benzene rings is 3. The zero-order valence-electron chi connectivity index (χ0n) is 18.0. The molecule has 0 bridgehead atoms. The Morgan fingerprint density at radius 3 is 1.50 bits per heavy atom. The fourth-order valence-electron chi connectivity index (χ4n) is 4.15. The Morgan fingerprint density at radius 2 is 1.00 bits per heavy atom. The van der Waals surface area contributed by atoms with Crippen LogP contribution in [0.1, 0.15) is 54.0 Å². The zero-order valence-corrected chi connectivity index (χ0v) is 18.0. The van der Waals surface area contributed by atoms with Gasteiger partial charge in [0.15, 0.2) is 0 Å². The van der Waals surface area contributed by atoms with Crippen molar-refractivity contribution in [3.8, 4) is 0 Å². The van der Waals surface area contributed by atoms with E-state index in [0.29, 0.717) is 12.8 Å². The smallest absolute Gasteiger partial charge is 0.228 e. The minimum absolute atomic E-state index is 0.102. The fraction of sp³-hybridized carbons (Fsp3) is 0.214. The molecular formula is C28H28N2O2. The third-order valence-electron chi connectivity index (χ3n) is 5.87. The summed E-state index contributed by atoms with van der Waals surface area (Å²) in [5.41, 5.74) is 2.96. The third kappa shape index (κ3) is 5.52. The predicted molar refractivity (Wildman–Crippen MR) is 127 cm³/mol. The first kappa shape index (κ1) is 21.6. The van der Waals surface area contributed by atoms with E-state index >= 15 is 0 Å². The largest absolute Gasteiger partial charge is 0.349 e. The number of hydrogen-bond acceptors (Lipinski definition) is 2. The van der Waals surface area contributed by atoms with Gasteiger partial charge in [0.2, 0.25) is 11.8 Å². The molecule has 3 atom stereocenters. The van der Waals surface area contributed by atoms with Gasteiger partial charge >= 0.3 is 0 Å². The van der Waals surface area contributed by atoms with Crippen molar-refractivity contribution in [2.45, 2.75) is 37.3 Å². The molecule has 32 heavy (non-hydrogen) atoms. The summed E-state index contributed by atoms with van der Waals surface area (Å²) >= 11 is 0. The molecule has 4 rings (SSSR count). The highest BCUT2D eigenvalue weighted by Crippen LogP contribution is 2.26. The Bertz CT molecular complexity index is 1050. The van der Waals surface area contributed by atoms with Gasteiger partial charge in [-0.15, -0.1) is 0 Å². The quantitative estimate of drug-likeness (QED) is 0.566. The van der Waals surface area contributed by atoms with Crippen LogP contribution in [0.25, 0.3) is 0 Å². The van der Waals surface area contributed by atoms with Crippen LogP contribution < -0.4 is 10.6 Å². The highest BCUT2D eigenvalue weighted by Gasteiger charge is 2.27. The lowest BCUT2D eigenvalue weighted by Gasteiger charge is -2.25. The Kier molecular flexibility index (Phi) is 7.13. The number of amides is 2. The zero-order chi connectivity index (χ0) is 22.2. The number of carbonyl (C=O) groups is 2. The highest BCUT2D eigenvalue weighted by atomic mass is 16.2. The molecule has 1 aliphatic rings. The van der Waals surface area contributed by atoms with Crippen LogP contribution in [0.15, 0.2) is 103 Å². The van der Waals surface area contributed by atoms with E-state index in [4.69, 9.17) is 0 Å². The van der Waals surface area contributed by atoms with E-state index in [1.807, 2.05) is 91.0 Å². The normalized spacial score (nSPS) is 23.2. The van der Waals surface area contributed by atoms with Crippen molar-refractivity contribution in [2.75, 3.05) is 0 Å². The monoisotopic (exact) mass is 424 g/mol. The van der Waals surface area contributed by atoms with Gasteiger partial charge in [0.1, 0.15) is 0 Å². The number of rotatable bonds is 3. The molecule has 0 unspecified atom stereocenters. The molecule has 0 saturated carbocycles. The summed E-state index contributed by atoms with van der Waals surface area (Å²) < 4.78 is 0. The topological polar surface area (TPSA) is 58.2 Å². The molecule has 0 spiro atoms. The molecule has 0 saturated heterocycles. The number of hydrogen-bond donors (Lipinski definition) is 2. The van der Waals surface area contributed by atoms with Crippen molar-refractivity contribution >= 4 is 11.8 Å². The Morgan fingerprint density at radius 1 is 0.562 bits per heavy atom. The molecule has 0 aromatic heterocycles. The molecule has 0 fully saturated rings. The molecule has 4 heteroatoms. The van der Waals surface area contributed by atoms with Crippen LogP contribution in [0.4, 0.5) is 0 Å². The van der Waals surface area contributed by atoms with Crippen LogP contribution >= 0.6 is 0 Å². The Hall–Kier alpha value is -3.66. The maximum Gasteiger partial charge on any atom is 0.228 e. The summed E-state index contributed by atoms with van der Waals surface area (Å²) in [6.07, 6.45) is 5.67.